The van der Waals surface area contributed by atoms with E-state index in [1.807, 2.05) is 6.07 Å². The molecule has 2 aromatic carbocycles. The highest BCUT2D eigenvalue weighted by Gasteiger charge is 2.17. The maximum Gasteiger partial charge on any atom is 0.134 e. The summed E-state index contributed by atoms with van der Waals surface area (Å²) < 4.78 is 14.4. The lowest BCUT2D eigenvalue weighted by molar-refractivity contribution is 0.313. The topological polar surface area (TPSA) is 48.0 Å². The predicted octanol–water partition coefficient (Wildman–Crippen LogP) is 4.84. The molecule has 1 N–H and O–H groups in total. The van der Waals surface area contributed by atoms with E-state index in [9.17, 15) is 4.39 Å². The number of fused-ring (bicyclic) bond motifs is 1. The highest BCUT2D eigenvalue weighted by molar-refractivity contribution is 6.33. The van der Waals surface area contributed by atoms with Gasteiger partial charge in [0.15, 0.2) is 0 Å². The summed E-state index contributed by atoms with van der Waals surface area (Å²) in [5, 5.41) is 8.73. The number of pyridine rings is 1. The van der Waals surface area contributed by atoms with Gasteiger partial charge in [-0.25, -0.2) is 4.39 Å². The maximum absolute atomic E-state index is 14.4. The minimum absolute atomic E-state index is 0.304. The summed E-state index contributed by atoms with van der Waals surface area (Å²) in [5.41, 5.74) is 4.61. The third kappa shape index (κ3) is 3.42. The van der Waals surface area contributed by atoms with Crippen molar-refractivity contribution < 1.29 is 4.39 Å². The molecule has 1 saturated heterocycles. The number of hydrogen-bond donors (Lipinski definition) is 1. The minimum atomic E-state index is -0.393. The van der Waals surface area contributed by atoms with Crippen LogP contribution in [0.3, 0.4) is 0 Å². The van der Waals surface area contributed by atoms with E-state index in [1.165, 1.54) is 11.8 Å². The summed E-state index contributed by atoms with van der Waals surface area (Å²) in [5.74, 6) is -0.393. The Bertz CT molecular complexity index is 1180. The van der Waals surface area contributed by atoms with Crippen LogP contribution >= 0.6 is 11.6 Å². The Hall–Kier alpha value is -2.96. The Labute approximate surface area is 179 Å². The fraction of sp³-hybridized carbons (Fsp3) is 0.217. The van der Waals surface area contributed by atoms with Crippen LogP contribution in [0.15, 0.2) is 54.7 Å². The van der Waals surface area contributed by atoms with Crippen LogP contribution in [0, 0.1) is 5.82 Å². The third-order valence-corrected chi connectivity index (χ3v) is 5.99. The Morgan fingerprint density at radius 3 is 2.53 bits per heavy atom. The fourth-order valence-electron chi connectivity index (χ4n) is 3.91. The van der Waals surface area contributed by atoms with Gasteiger partial charge >= 0.3 is 0 Å². The van der Waals surface area contributed by atoms with E-state index in [2.05, 4.69) is 56.3 Å². The first-order valence-corrected chi connectivity index (χ1v) is 10.3. The van der Waals surface area contributed by atoms with Gasteiger partial charge in [-0.2, -0.15) is 5.10 Å². The summed E-state index contributed by atoms with van der Waals surface area (Å²) in [6.07, 6.45) is 1.67. The molecule has 5 nitrogen and oxygen atoms in total. The zero-order chi connectivity index (χ0) is 20.7. The number of likely N-dealkylation sites (N-methyl/N-ethyl adjacent to an activating group) is 1. The van der Waals surface area contributed by atoms with Gasteiger partial charge in [0.2, 0.25) is 0 Å². The normalized spacial score (nSPS) is 15.1. The van der Waals surface area contributed by atoms with E-state index in [4.69, 9.17) is 11.6 Å². The van der Waals surface area contributed by atoms with Crippen molar-refractivity contribution in [2.75, 3.05) is 38.1 Å². The van der Waals surface area contributed by atoms with E-state index >= 15 is 0 Å². The van der Waals surface area contributed by atoms with Crippen molar-refractivity contribution in [2.24, 2.45) is 0 Å². The van der Waals surface area contributed by atoms with Gasteiger partial charge in [0.25, 0.3) is 0 Å². The summed E-state index contributed by atoms with van der Waals surface area (Å²) >= 11 is 6.24. The van der Waals surface area contributed by atoms with Crippen molar-refractivity contribution in [3.63, 3.8) is 0 Å². The number of piperazine rings is 1. The van der Waals surface area contributed by atoms with Crippen molar-refractivity contribution in [3.05, 3.63) is 65.6 Å². The second-order valence-electron chi connectivity index (χ2n) is 7.62. The van der Waals surface area contributed by atoms with Crippen LogP contribution in [0.1, 0.15) is 0 Å². The van der Waals surface area contributed by atoms with E-state index in [-0.39, 0.29) is 0 Å². The smallest absolute Gasteiger partial charge is 0.134 e. The van der Waals surface area contributed by atoms with Gasteiger partial charge in [0.1, 0.15) is 11.5 Å². The third-order valence-electron chi connectivity index (χ3n) is 5.68. The molecule has 1 aliphatic rings. The fourth-order valence-corrected chi connectivity index (χ4v) is 4.17. The van der Waals surface area contributed by atoms with Gasteiger partial charge in [0, 0.05) is 42.8 Å². The van der Waals surface area contributed by atoms with Gasteiger partial charge in [-0.15, -0.1) is 0 Å². The summed E-state index contributed by atoms with van der Waals surface area (Å²) in [4.78, 5) is 9.12. The van der Waals surface area contributed by atoms with Crippen LogP contribution in [0.5, 0.6) is 0 Å². The molecule has 0 aliphatic carbocycles. The van der Waals surface area contributed by atoms with Crippen LogP contribution < -0.4 is 4.90 Å². The number of aromatic nitrogens is 3. The molecule has 0 bridgehead atoms. The molecule has 3 heterocycles. The van der Waals surface area contributed by atoms with Crippen LogP contribution in [-0.4, -0.2) is 53.3 Å². The first-order valence-electron chi connectivity index (χ1n) is 9.92. The van der Waals surface area contributed by atoms with Gasteiger partial charge < -0.3 is 9.80 Å². The van der Waals surface area contributed by atoms with Crippen molar-refractivity contribution in [3.8, 4) is 22.5 Å². The lowest BCUT2D eigenvalue weighted by Gasteiger charge is -2.34. The number of hydrogen-bond acceptors (Lipinski definition) is 4. The van der Waals surface area contributed by atoms with Crippen molar-refractivity contribution in [1.29, 1.82) is 0 Å². The second-order valence-corrected chi connectivity index (χ2v) is 8.03. The molecule has 1 aliphatic heterocycles. The minimum Gasteiger partial charge on any atom is -0.369 e. The van der Waals surface area contributed by atoms with Gasteiger partial charge in [-0.1, -0.05) is 29.8 Å². The average molecular weight is 422 g/mol. The first kappa shape index (κ1) is 19.0. The van der Waals surface area contributed by atoms with E-state index in [0.29, 0.717) is 16.3 Å². The lowest BCUT2D eigenvalue weighted by atomic mass is 10.0. The molecule has 152 valence electrons. The van der Waals surface area contributed by atoms with Crippen LogP contribution in [-0.2, 0) is 0 Å². The van der Waals surface area contributed by atoms with E-state index in [0.717, 1.165) is 48.3 Å². The molecule has 0 atom stereocenters. The van der Waals surface area contributed by atoms with E-state index < -0.39 is 5.82 Å². The number of aromatic amines is 1. The van der Waals surface area contributed by atoms with E-state index in [1.54, 1.807) is 18.3 Å². The van der Waals surface area contributed by atoms with Gasteiger partial charge in [0.05, 0.1) is 28.0 Å². The molecular weight excluding hydrogens is 401 g/mol. The van der Waals surface area contributed by atoms with Gasteiger partial charge in [-0.3, -0.25) is 10.1 Å². The Kier molecular flexibility index (Phi) is 4.89. The lowest BCUT2D eigenvalue weighted by Crippen LogP contribution is -2.44. The number of nitrogens with zero attached hydrogens (tertiary/aromatic N) is 4. The Morgan fingerprint density at radius 1 is 1.03 bits per heavy atom. The Balaban J connectivity index is 1.50. The number of H-pyrrole nitrogens is 1. The molecule has 0 saturated carbocycles. The summed E-state index contributed by atoms with van der Waals surface area (Å²) in [6.45, 7) is 4.19. The predicted molar refractivity (Wildman–Crippen MR) is 119 cm³/mol. The number of anilines is 1. The molecule has 7 heteroatoms. The monoisotopic (exact) mass is 421 g/mol. The molecule has 0 amide bonds. The second kappa shape index (κ2) is 7.70. The van der Waals surface area contributed by atoms with Crippen molar-refractivity contribution in [1.82, 2.24) is 20.1 Å². The zero-order valence-corrected chi connectivity index (χ0v) is 17.3. The summed E-state index contributed by atoms with van der Waals surface area (Å²) in [6, 6.07) is 14.9. The summed E-state index contributed by atoms with van der Waals surface area (Å²) in [7, 11) is 2.15. The standard InChI is InChI=1S/C23H21ClFN5/c1-29-9-11-30(12-10-29)16-7-5-15(6-8-16)23-17-13-20(26-14-21(17)27-28-23)22-18(24)3-2-4-19(22)25/h2-8,13-14H,9-12H2,1H3,(H,27,28). The number of rotatable bonds is 3. The SMILES string of the molecule is CN1CCN(c2ccc(-c3n[nH]c4cnc(-c5c(F)cccc5Cl)cc34)cc2)CC1. The molecular formula is C23H21ClFN5. The van der Waals surface area contributed by atoms with Crippen molar-refractivity contribution in [2.45, 2.75) is 0 Å². The van der Waals surface area contributed by atoms with Crippen LogP contribution in [0.25, 0.3) is 33.4 Å². The highest BCUT2D eigenvalue weighted by Crippen LogP contribution is 2.34. The van der Waals surface area contributed by atoms with Crippen molar-refractivity contribution >= 4 is 28.2 Å². The molecule has 1 fully saturated rings. The van der Waals surface area contributed by atoms with Gasteiger partial charge in [-0.05, 0) is 37.4 Å². The molecule has 0 unspecified atom stereocenters. The molecule has 4 aromatic rings. The quantitative estimate of drug-likeness (QED) is 0.514. The number of benzene rings is 2. The maximum atomic E-state index is 14.4. The zero-order valence-electron chi connectivity index (χ0n) is 16.6. The Morgan fingerprint density at radius 2 is 1.80 bits per heavy atom. The first-order chi connectivity index (χ1) is 14.6. The van der Waals surface area contributed by atoms with Crippen LogP contribution in [0.4, 0.5) is 10.1 Å². The number of halogens is 2. The largest absolute Gasteiger partial charge is 0.369 e. The number of nitrogens with one attached hydrogen (secondary N) is 1. The molecule has 0 spiro atoms. The molecule has 0 radical (unpaired) electrons. The molecule has 5 rings (SSSR count). The highest BCUT2D eigenvalue weighted by atomic mass is 35.5. The molecule has 2 aromatic heterocycles. The molecule has 30 heavy (non-hydrogen) atoms. The van der Waals surface area contributed by atoms with Crippen LogP contribution in [0.2, 0.25) is 5.02 Å². The average Bonchev–Trinajstić information content (AvgIpc) is 3.18.